The number of carboxylic acid groups (broad SMARTS) is 1. The number of hydrogen-bond donors (Lipinski definition) is 2. The zero-order chi connectivity index (χ0) is 12.6. The molecule has 2 atom stereocenters. The van der Waals surface area contributed by atoms with E-state index in [4.69, 9.17) is 16.7 Å². The van der Waals surface area contributed by atoms with Crippen LogP contribution in [0.3, 0.4) is 0 Å². The number of benzene rings is 1. The van der Waals surface area contributed by atoms with Crippen molar-refractivity contribution in [1.82, 2.24) is 5.32 Å². The van der Waals surface area contributed by atoms with Gasteiger partial charge in [0.15, 0.2) is 0 Å². The lowest BCUT2D eigenvalue weighted by molar-refractivity contribution is -0.140. The molecule has 4 nitrogen and oxygen atoms in total. The molecule has 90 valence electrons. The van der Waals surface area contributed by atoms with Crippen LogP contribution in [0.2, 0.25) is 5.02 Å². The Labute approximate surface area is 104 Å². The van der Waals surface area contributed by atoms with Crippen molar-refractivity contribution in [2.45, 2.75) is 25.3 Å². The summed E-state index contributed by atoms with van der Waals surface area (Å²) in [6, 6.07) is 4.53. The Morgan fingerprint density at radius 3 is 2.82 bits per heavy atom. The number of carbonyl (C=O) groups excluding carboxylic acids is 1. The SMILES string of the molecule is Cc1ccc(C2CC(=O)NC2C(=O)O)cc1Cl. The summed E-state index contributed by atoms with van der Waals surface area (Å²) in [6.45, 7) is 1.87. The van der Waals surface area contributed by atoms with Crippen molar-refractivity contribution in [2.24, 2.45) is 0 Å². The third-order valence-electron chi connectivity index (χ3n) is 3.01. The van der Waals surface area contributed by atoms with Crippen molar-refractivity contribution in [3.63, 3.8) is 0 Å². The topological polar surface area (TPSA) is 66.4 Å². The predicted octanol–water partition coefficient (Wildman–Crippen LogP) is 1.71. The average molecular weight is 254 g/mol. The molecule has 0 aromatic heterocycles. The summed E-state index contributed by atoms with van der Waals surface area (Å²) in [5.41, 5.74) is 1.71. The third-order valence-corrected chi connectivity index (χ3v) is 3.42. The van der Waals surface area contributed by atoms with Crippen LogP contribution in [0.15, 0.2) is 18.2 Å². The van der Waals surface area contributed by atoms with Crippen LogP contribution in [0.5, 0.6) is 0 Å². The molecule has 2 rings (SSSR count). The maximum Gasteiger partial charge on any atom is 0.326 e. The first-order valence-electron chi connectivity index (χ1n) is 5.27. The van der Waals surface area contributed by atoms with E-state index in [1.54, 1.807) is 6.07 Å². The van der Waals surface area contributed by atoms with E-state index in [1.807, 2.05) is 19.1 Å². The fourth-order valence-electron chi connectivity index (χ4n) is 2.03. The Balaban J connectivity index is 2.34. The second kappa shape index (κ2) is 4.37. The van der Waals surface area contributed by atoms with Gasteiger partial charge in [-0.1, -0.05) is 23.7 Å². The lowest BCUT2D eigenvalue weighted by Crippen LogP contribution is -2.36. The van der Waals surface area contributed by atoms with Crippen molar-refractivity contribution in [3.05, 3.63) is 34.3 Å². The highest BCUT2D eigenvalue weighted by Crippen LogP contribution is 2.31. The third kappa shape index (κ3) is 2.26. The molecule has 2 unspecified atom stereocenters. The molecule has 1 saturated heterocycles. The fraction of sp³-hybridized carbons (Fsp3) is 0.333. The Bertz CT molecular complexity index is 487. The summed E-state index contributed by atoms with van der Waals surface area (Å²) in [5.74, 6) is -1.60. The first-order valence-corrected chi connectivity index (χ1v) is 5.65. The number of rotatable bonds is 2. The lowest BCUT2D eigenvalue weighted by atomic mass is 9.91. The Hall–Kier alpha value is -1.55. The monoisotopic (exact) mass is 253 g/mol. The van der Waals surface area contributed by atoms with Crippen LogP contribution in [0, 0.1) is 6.92 Å². The van der Waals surface area contributed by atoms with E-state index in [1.165, 1.54) is 0 Å². The number of carbonyl (C=O) groups is 2. The van der Waals surface area contributed by atoms with Gasteiger partial charge in [0.25, 0.3) is 0 Å². The predicted molar refractivity (Wildman–Crippen MR) is 63.1 cm³/mol. The molecule has 1 amide bonds. The van der Waals surface area contributed by atoms with Crippen molar-refractivity contribution in [3.8, 4) is 0 Å². The summed E-state index contributed by atoms with van der Waals surface area (Å²) in [4.78, 5) is 22.3. The molecule has 2 N–H and O–H groups in total. The maximum absolute atomic E-state index is 11.3. The van der Waals surface area contributed by atoms with Gasteiger partial charge in [0.1, 0.15) is 6.04 Å². The fourth-order valence-corrected chi connectivity index (χ4v) is 2.22. The van der Waals surface area contributed by atoms with Gasteiger partial charge in [0.05, 0.1) is 0 Å². The Morgan fingerprint density at radius 2 is 2.24 bits per heavy atom. The highest BCUT2D eigenvalue weighted by Gasteiger charge is 2.38. The molecule has 1 aliphatic heterocycles. The minimum absolute atomic E-state index is 0.191. The van der Waals surface area contributed by atoms with Crippen LogP contribution in [0.1, 0.15) is 23.5 Å². The van der Waals surface area contributed by atoms with E-state index in [0.717, 1.165) is 11.1 Å². The van der Waals surface area contributed by atoms with Crippen LogP contribution in [-0.4, -0.2) is 23.0 Å². The van der Waals surface area contributed by atoms with Crippen molar-refractivity contribution in [1.29, 1.82) is 0 Å². The van der Waals surface area contributed by atoms with Crippen LogP contribution in [0.4, 0.5) is 0 Å². The van der Waals surface area contributed by atoms with Gasteiger partial charge in [-0.05, 0) is 24.1 Å². The van der Waals surface area contributed by atoms with Crippen LogP contribution in [0.25, 0.3) is 0 Å². The molecule has 5 heteroatoms. The summed E-state index contributed by atoms with van der Waals surface area (Å²) >= 11 is 6.00. The molecule has 1 aromatic rings. The van der Waals surface area contributed by atoms with Crippen molar-refractivity contribution >= 4 is 23.5 Å². The van der Waals surface area contributed by atoms with E-state index in [-0.39, 0.29) is 18.2 Å². The molecule has 0 saturated carbocycles. The highest BCUT2D eigenvalue weighted by atomic mass is 35.5. The van der Waals surface area contributed by atoms with Crippen molar-refractivity contribution in [2.75, 3.05) is 0 Å². The summed E-state index contributed by atoms with van der Waals surface area (Å²) in [7, 11) is 0. The average Bonchev–Trinajstić information content (AvgIpc) is 2.64. The van der Waals surface area contributed by atoms with E-state index in [9.17, 15) is 9.59 Å². The van der Waals surface area contributed by atoms with Gasteiger partial charge in [0.2, 0.25) is 5.91 Å². The number of carboxylic acids is 1. The second-order valence-electron chi connectivity index (χ2n) is 4.20. The van der Waals surface area contributed by atoms with Crippen LogP contribution in [-0.2, 0) is 9.59 Å². The van der Waals surface area contributed by atoms with E-state index < -0.39 is 12.0 Å². The summed E-state index contributed by atoms with van der Waals surface area (Å²) in [5, 5.41) is 12.1. The zero-order valence-electron chi connectivity index (χ0n) is 9.24. The quantitative estimate of drug-likeness (QED) is 0.843. The standard InChI is InChI=1S/C12H12ClNO3/c1-6-2-3-7(4-9(6)13)8-5-10(15)14-11(8)12(16)17/h2-4,8,11H,5H2,1H3,(H,14,15)(H,16,17). The molecule has 0 bridgehead atoms. The molecule has 1 aromatic carbocycles. The smallest absolute Gasteiger partial charge is 0.326 e. The highest BCUT2D eigenvalue weighted by molar-refractivity contribution is 6.31. The minimum Gasteiger partial charge on any atom is -0.480 e. The Kier molecular flexibility index (Phi) is 3.07. The van der Waals surface area contributed by atoms with Gasteiger partial charge in [-0.25, -0.2) is 4.79 Å². The molecule has 0 spiro atoms. The van der Waals surface area contributed by atoms with Gasteiger partial charge in [0, 0.05) is 17.4 Å². The first kappa shape index (κ1) is 11.9. The van der Waals surface area contributed by atoms with Crippen LogP contribution < -0.4 is 5.32 Å². The molecule has 0 aliphatic carbocycles. The molecule has 17 heavy (non-hydrogen) atoms. The number of aliphatic carboxylic acids is 1. The van der Waals surface area contributed by atoms with E-state index in [2.05, 4.69) is 5.32 Å². The normalized spacial score (nSPS) is 23.5. The molecule has 1 aliphatic rings. The van der Waals surface area contributed by atoms with Gasteiger partial charge < -0.3 is 10.4 Å². The zero-order valence-corrected chi connectivity index (χ0v) is 9.99. The number of hydrogen-bond acceptors (Lipinski definition) is 2. The van der Waals surface area contributed by atoms with Gasteiger partial charge in [-0.3, -0.25) is 4.79 Å². The van der Waals surface area contributed by atoms with E-state index in [0.29, 0.717) is 5.02 Å². The lowest BCUT2D eigenvalue weighted by Gasteiger charge is -2.15. The molecular formula is C12H12ClNO3. The van der Waals surface area contributed by atoms with E-state index >= 15 is 0 Å². The molecule has 1 fully saturated rings. The largest absolute Gasteiger partial charge is 0.480 e. The number of nitrogens with one attached hydrogen (secondary N) is 1. The molecular weight excluding hydrogens is 242 g/mol. The molecule has 0 radical (unpaired) electrons. The number of aryl methyl sites for hydroxylation is 1. The first-order chi connectivity index (χ1) is 7.99. The second-order valence-corrected chi connectivity index (χ2v) is 4.61. The number of amides is 1. The van der Waals surface area contributed by atoms with Gasteiger partial charge in [-0.2, -0.15) is 0 Å². The van der Waals surface area contributed by atoms with Gasteiger partial charge >= 0.3 is 5.97 Å². The van der Waals surface area contributed by atoms with Crippen molar-refractivity contribution < 1.29 is 14.7 Å². The Morgan fingerprint density at radius 1 is 1.53 bits per heavy atom. The molecule has 1 heterocycles. The summed E-state index contributed by atoms with van der Waals surface area (Å²) < 4.78 is 0. The van der Waals surface area contributed by atoms with Crippen LogP contribution >= 0.6 is 11.6 Å². The minimum atomic E-state index is -1.02. The van der Waals surface area contributed by atoms with Gasteiger partial charge in [-0.15, -0.1) is 0 Å². The maximum atomic E-state index is 11.3. The number of halogens is 1. The summed E-state index contributed by atoms with van der Waals surface area (Å²) in [6.07, 6.45) is 0.191.